The van der Waals surface area contributed by atoms with E-state index in [0.29, 0.717) is 24.7 Å². The lowest BCUT2D eigenvalue weighted by molar-refractivity contribution is 0.0950. The molecule has 0 aliphatic carbocycles. The van der Waals surface area contributed by atoms with Crippen LogP contribution in [0.4, 0.5) is 0 Å². The molecule has 0 atom stereocenters. The van der Waals surface area contributed by atoms with Gasteiger partial charge in [0.15, 0.2) is 0 Å². The van der Waals surface area contributed by atoms with E-state index in [-0.39, 0.29) is 10.8 Å². The molecule has 0 aliphatic rings. The molecule has 2 aromatic rings. The normalized spacial score (nSPS) is 11.8. The fourth-order valence-corrected chi connectivity index (χ4v) is 3.78. The minimum Gasteiger partial charge on any atom is -0.348 e. The highest BCUT2D eigenvalue weighted by Gasteiger charge is 2.15. The average Bonchev–Trinajstić information content (AvgIpc) is 2.67. The fourth-order valence-electron chi connectivity index (χ4n) is 2.69. The second-order valence-corrected chi connectivity index (χ2v) is 8.76. The van der Waals surface area contributed by atoms with E-state index in [1.54, 1.807) is 19.1 Å². The van der Waals surface area contributed by atoms with E-state index in [9.17, 15) is 13.2 Å². The van der Waals surface area contributed by atoms with Crippen molar-refractivity contribution in [3.05, 3.63) is 65.2 Å². The average molecular weight is 404 g/mol. The van der Waals surface area contributed by atoms with Crippen molar-refractivity contribution in [2.45, 2.75) is 44.8 Å². The van der Waals surface area contributed by atoms with Crippen molar-refractivity contribution in [3.8, 4) is 0 Å². The van der Waals surface area contributed by atoms with Crippen LogP contribution >= 0.6 is 0 Å². The zero-order valence-corrected chi connectivity index (χ0v) is 17.7. The Morgan fingerprint density at radius 3 is 2.39 bits per heavy atom. The highest BCUT2D eigenvalue weighted by molar-refractivity contribution is 7.89. The predicted molar refractivity (Wildman–Crippen MR) is 112 cm³/mol. The summed E-state index contributed by atoms with van der Waals surface area (Å²) in [6.45, 7) is 7.45. The SMILES string of the molecule is CCNS(=O)(=O)c1cccc(C(=O)NCc2ccccc2CN(C)C(C)C)c1. The van der Waals surface area contributed by atoms with Crippen LogP contribution in [0.15, 0.2) is 53.4 Å². The number of amides is 1. The van der Waals surface area contributed by atoms with Crippen molar-refractivity contribution >= 4 is 15.9 Å². The molecule has 0 aliphatic heterocycles. The van der Waals surface area contributed by atoms with E-state index >= 15 is 0 Å². The van der Waals surface area contributed by atoms with Crippen molar-refractivity contribution < 1.29 is 13.2 Å². The summed E-state index contributed by atoms with van der Waals surface area (Å²) in [5, 5.41) is 2.90. The van der Waals surface area contributed by atoms with Crippen LogP contribution in [-0.4, -0.2) is 38.9 Å². The first-order valence-electron chi connectivity index (χ1n) is 9.39. The van der Waals surface area contributed by atoms with Gasteiger partial charge in [-0.1, -0.05) is 37.3 Å². The molecule has 0 heterocycles. The fraction of sp³-hybridized carbons (Fsp3) is 0.381. The molecule has 0 saturated heterocycles. The number of hydrogen-bond acceptors (Lipinski definition) is 4. The van der Waals surface area contributed by atoms with Gasteiger partial charge in [-0.15, -0.1) is 0 Å². The van der Waals surface area contributed by atoms with Crippen LogP contribution in [-0.2, 0) is 23.1 Å². The Balaban J connectivity index is 2.11. The molecule has 0 spiro atoms. The summed E-state index contributed by atoms with van der Waals surface area (Å²) in [6.07, 6.45) is 0. The summed E-state index contributed by atoms with van der Waals surface area (Å²) in [6, 6.07) is 14.5. The lowest BCUT2D eigenvalue weighted by Gasteiger charge is -2.22. The van der Waals surface area contributed by atoms with Crippen molar-refractivity contribution in [1.82, 2.24) is 14.9 Å². The monoisotopic (exact) mass is 403 g/mol. The van der Waals surface area contributed by atoms with Gasteiger partial charge in [-0.3, -0.25) is 9.69 Å². The van der Waals surface area contributed by atoms with Crippen LogP contribution in [0.2, 0.25) is 0 Å². The van der Waals surface area contributed by atoms with Gasteiger partial charge in [0.05, 0.1) is 4.90 Å². The van der Waals surface area contributed by atoms with Gasteiger partial charge in [0.2, 0.25) is 10.0 Å². The lowest BCUT2D eigenvalue weighted by Crippen LogP contribution is -2.28. The van der Waals surface area contributed by atoms with Gasteiger partial charge in [-0.05, 0) is 50.2 Å². The number of carbonyl (C=O) groups excluding carboxylic acids is 1. The maximum Gasteiger partial charge on any atom is 0.251 e. The third-order valence-corrected chi connectivity index (χ3v) is 6.14. The second-order valence-electron chi connectivity index (χ2n) is 6.99. The second kappa shape index (κ2) is 9.82. The van der Waals surface area contributed by atoms with Crippen molar-refractivity contribution in [1.29, 1.82) is 0 Å². The number of carbonyl (C=O) groups is 1. The molecule has 28 heavy (non-hydrogen) atoms. The van der Waals surface area contributed by atoms with E-state index in [4.69, 9.17) is 0 Å². The Labute approximate surface area is 168 Å². The smallest absolute Gasteiger partial charge is 0.251 e. The third kappa shape index (κ3) is 5.89. The molecular weight excluding hydrogens is 374 g/mol. The largest absolute Gasteiger partial charge is 0.348 e. The topological polar surface area (TPSA) is 78.5 Å². The van der Waals surface area contributed by atoms with Gasteiger partial charge in [0, 0.05) is 31.2 Å². The summed E-state index contributed by atoms with van der Waals surface area (Å²) < 4.78 is 26.7. The van der Waals surface area contributed by atoms with Crippen LogP contribution in [0.25, 0.3) is 0 Å². The molecule has 2 N–H and O–H groups in total. The number of sulfonamides is 1. The van der Waals surface area contributed by atoms with Crippen LogP contribution in [0, 0.1) is 0 Å². The molecule has 0 radical (unpaired) electrons. The summed E-state index contributed by atoms with van der Waals surface area (Å²) in [5.74, 6) is -0.305. The van der Waals surface area contributed by atoms with Crippen molar-refractivity contribution in [3.63, 3.8) is 0 Å². The Hall–Kier alpha value is -2.22. The van der Waals surface area contributed by atoms with Gasteiger partial charge < -0.3 is 5.32 Å². The summed E-state index contributed by atoms with van der Waals surface area (Å²) >= 11 is 0. The molecular formula is C21H29N3O3S. The zero-order chi connectivity index (χ0) is 20.7. The molecule has 2 rings (SSSR count). The standard InChI is InChI=1S/C21H29N3O3S/c1-5-23-28(26,27)20-12-8-11-17(13-20)21(25)22-14-18-9-6-7-10-19(18)15-24(4)16(2)3/h6-13,16,23H,5,14-15H2,1-4H3,(H,22,25). The Bertz CT molecular complexity index is 911. The Morgan fingerprint density at radius 2 is 1.75 bits per heavy atom. The molecule has 0 fully saturated rings. The first kappa shape index (κ1) is 22.1. The highest BCUT2D eigenvalue weighted by Crippen LogP contribution is 2.14. The predicted octanol–water partition coefficient (Wildman–Crippen LogP) is 2.76. The Morgan fingerprint density at radius 1 is 1.07 bits per heavy atom. The molecule has 0 unspecified atom stereocenters. The van der Waals surface area contributed by atoms with E-state index in [1.807, 2.05) is 18.2 Å². The molecule has 0 bridgehead atoms. The maximum atomic E-state index is 12.6. The van der Waals surface area contributed by atoms with Gasteiger partial charge in [0.25, 0.3) is 5.91 Å². The number of hydrogen-bond donors (Lipinski definition) is 2. The van der Waals surface area contributed by atoms with Crippen molar-refractivity contribution in [2.75, 3.05) is 13.6 Å². The summed E-state index contributed by atoms with van der Waals surface area (Å²) in [4.78, 5) is 14.9. The molecule has 0 aromatic heterocycles. The zero-order valence-electron chi connectivity index (χ0n) is 16.9. The third-order valence-electron chi connectivity index (χ3n) is 4.60. The number of nitrogens with one attached hydrogen (secondary N) is 2. The van der Waals surface area contributed by atoms with Gasteiger partial charge in [-0.2, -0.15) is 0 Å². The lowest BCUT2D eigenvalue weighted by atomic mass is 10.1. The molecule has 1 amide bonds. The van der Waals surface area contributed by atoms with Crippen LogP contribution in [0.1, 0.15) is 42.3 Å². The van der Waals surface area contributed by atoms with Crippen LogP contribution in [0.3, 0.4) is 0 Å². The molecule has 7 heteroatoms. The highest BCUT2D eigenvalue weighted by atomic mass is 32.2. The number of rotatable bonds is 9. The van der Waals surface area contributed by atoms with Crippen molar-refractivity contribution in [2.24, 2.45) is 0 Å². The number of benzene rings is 2. The first-order valence-corrected chi connectivity index (χ1v) is 10.9. The molecule has 0 saturated carbocycles. The van der Waals surface area contributed by atoms with E-state index in [2.05, 4.69) is 41.9 Å². The van der Waals surface area contributed by atoms with Crippen LogP contribution < -0.4 is 10.0 Å². The minimum absolute atomic E-state index is 0.0842. The van der Waals surface area contributed by atoms with E-state index in [0.717, 1.165) is 17.7 Å². The first-order chi connectivity index (χ1) is 13.2. The summed E-state index contributed by atoms with van der Waals surface area (Å²) in [7, 11) is -1.53. The Kier molecular flexibility index (Phi) is 7.74. The van der Waals surface area contributed by atoms with Gasteiger partial charge in [0.1, 0.15) is 0 Å². The minimum atomic E-state index is -3.60. The molecule has 2 aromatic carbocycles. The maximum absolute atomic E-state index is 12.6. The van der Waals surface area contributed by atoms with Gasteiger partial charge >= 0.3 is 0 Å². The number of nitrogens with zero attached hydrogens (tertiary/aromatic N) is 1. The van der Waals surface area contributed by atoms with E-state index < -0.39 is 10.0 Å². The van der Waals surface area contributed by atoms with Gasteiger partial charge in [-0.25, -0.2) is 13.1 Å². The quantitative estimate of drug-likeness (QED) is 0.675. The van der Waals surface area contributed by atoms with E-state index in [1.165, 1.54) is 12.1 Å². The molecule has 6 nitrogen and oxygen atoms in total. The summed E-state index contributed by atoms with van der Waals surface area (Å²) in [5.41, 5.74) is 2.51. The molecule has 152 valence electrons. The van der Waals surface area contributed by atoms with Crippen LogP contribution in [0.5, 0.6) is 0 Å².